The summed E-state index contributed by atoms with van der Waals surface area (Å²) < 4.78 is 46.3. The van der Waals surface area contributed by atoms with Gasteiger partial charge in [-0.3, -0.25) is 19.3 Å². The topological polar surface area (TPSA) is 98.1 Å². The van der Waals surface area contributed by atoms with E-state index in [0.717, 1.165) is 5.56 Å². The maximum Gasteiger partial charge on any atom is 0.519 e. The number of carbonyl (C=O) groups is 1. The first-order valence-corrected chi connectivity index (χ1v) is 12.8. The number of benzene rings is 2. The number of amides is 1. The minimum atomic E-state index is -0.973. The lowest BCUT2D eigenvalue weighted by molar-refractivity contribution is 0.0595. The summed E-state index contributed by atoms with van der Waals surface area (Å²) in [4.78, 5) is 39.8. The number of hydrogen-bond acceptors (Lipinski definition) is 7. The minimum absolute atomic E-state index is 0.0413. The first-order chi connectivity index (χ1) is 19.2. The maximum atomic E-state index is 14.7. The Morgan fingerprint density at radius 3 is 2.50 bits per heavy atom. The van der Waals surface area contributed by atoms with Crippen LogP contribution in [0, 0.1) is 18.6 Å². The van der Waals surface area contributed by atoms with Crippen molar-refractivity contribution in [2.45, 2.75) is 45.0 Å². The van der Waals surface area contributed by atoms with E-state index in [0.29, 0.717) is 30.4 Å². The fourth-order valence-electron chi connectivity index (χ4n) is 5.59. The van der Waals surface area contributed by atoms with Crippen LogP contribution in [0.5, 0.6) is 5.75 Å². The van der Waals surface area contributed by atoms with Gasteiger partial charge in [0.2, 0.25) is 5.43 Å². The van der Waals surface area contributed by atoms with Crippen molar-refractivity contribution in [1.82, 2.24) is 9.58 Å². The lowest BCUT2D eigenvalue weighted by Crippen LogP contribution is -2.61. The minimum Gasteiger partial charge on any atom is -0.479 e. The fourth-order valence-corrected chi connectivity index (χ4v) is 5.59. The van der Waals surface area contributed by atoms with Crippen molar-refractivity contribution in [2.75, 3.05) is 12.1 Å². The summed E-state index contributed by atoms with van der Waals surface area (Å²) in [5.74, 6) is -3.21. The molecule has 9 nitrogen and oxygen atoms in total. The summed E-state index contributed by atoms with van der Waals surface area (Å²) >= 11 is 0. The number of ether oxygens (including phenoxy) is 1. The van der Waals surface area contributed by atoms with Crippen molar-refractivity contribution >= 4 is 5.91 Å². The molecule has 0 saturated carbocycles. The van der Waals surface area contributed by atoms with Gasteiger partial charge in [0.25, 0.3) is 5.91 Å². The smallest absolute Gasteiger partial charge is 0.479 e. The standard InChI is InChI=1S/C29H25F2N3O6/c1-16-23(40-29(37)39-16)15-38-27-22(35)11-12-33-26(27)28(36)32(2)24-10-6-9-18-13-20(30)21(31)14-19(18)25(34(24)33)17-7-4-3-5-8-17/h3-5,7-8,11-14,24-25H,6,9-10,15H2,1-2H3/t24?,25-/m1/s1. The molecule has 0 fully saturated rings. The van der Waals surface area contributed by atoms with Gasteiger partial charge < -0.3 is 18.5 Å². The van der Waals surface area contributed by atoms with Gasteiger partial charge in [-0.15, -0.1) is 0 Å². The molecule has 0 saturated heterocycles. The molecular weight excluding hydrogens is 524 g/mol. The molecule has 0 radical (unpaired) electrons. The van der Waals surface area contributed by atoms with E-state index in [1.165, 1.54) is 36.2 Å². The second-order valence-electron chi connectivity index (χ2n) is 9.87. The van der Waals surface area contributed by atoms with Crippen LogP contribution in [0.15, 0.2) is 73.2 Å². The van der Waals surface area contributed by atoms with E-state index in [1.54, 1.807) is 11.7 Å². The Balaban J connectivity index is 1.56. The van der Waals surface area contributed by atoms with E-state index in [4.69, 9.17) is 13.6 Å². The summed E-state index contributed by atoms with van der Waals surface area (Å²) in [6.07, 6.45) is 2.66. The highest BCUT2D eigenvalue weighted by Gasteiger charge is 2.43. The molecule has 4 heterocycles. The van der Waals surface area contributed by atoms with Crippen molar-refractivity contribution in [2.24, 2.45) is 0 Å². The Labute approximate surface area is 226 Å². The van der Waals surface area contributed by atoms with Gasteiger partial charge in [-0.25, -0.2) is 13.6 Å². The molecule has 0 bridgehead atoms. The van der Waals surface area contributed by atoms with Gasteiger partial charge in [0.15, 0.2) is 34.6 Å². The molecule has 0 N–H and O–H groups in total. The summed E-state index contributed by atoms with van der Waals surface area (Å²) in [6, 6.07) is 12.4. The van der Waals surface area contributed by atoms with Crippen molar-refractivity contribution in [1.29, 1.82) is 0 Å². The number of pyridine rings is 1. The third kappa shape index (κ3) is 4.18. The normalized spacial score (nSPS) is 18.4. The molecule has 4 aromatic rings. The average molecular weight is 550 g/mol. The molecule has 2 aromatic carbocycles. The van der Waals surface area contributed by atoms with Crippen molar-refractivity contribution in [3.05, 3.63) is 121 Å². The number of nitrogens with zero attached hydrogens (tertiary/aromatic N) is 3. The van der Waals surface area contributed by atoms with Crippen LogP contribution in [0.25, 0.3) is 0 Å². The largest absolute Gasteiger partial charge is 0.519 e. The van der Waals surface area contributed by atoms with Crippen molar-refractivity contribution < 1.29 is 27.1 Å². The lowest BCUT2D eigenvalue weighted by Gasteiger charge is -2.50. The monoisotopic (exact) mass is 549 g/mol. The Bertz CT molecular complexity index is 1730. The van der Waals surface area contributed by atoms with E-state index in [-0.39, 0.29) is 29.6 Å². The van der Waals surface area contributed by atoms with Crippen LogP contribution in [0.4, 0.5) is 8.78 Å². The summed E-state index contributed by atoms with van der Waals surface area (Å²) in [5.41, 5.74) is 1.41. The van der Waals surface area contributed by atoms with Crippen molar-refractivity contribution in [3.8, 4) is 5.75 Å². The molecule has 2 aliphatic heterocycles. The highest BCUT2D eigenvalue weighted by Crippen LogP contribution is 2.39. The number of aryl methyl sites for hydroxylation is 2. The average Bonchev–Trinajstić information content (AvgIpc) is 3.26. The molecule has 40 heavy (non-hydrogen) atoms. The second-order valence-corrected chi connectivity index (χ2v) is 9.87. The fraction of sp³-hybridized carbons (Fsp3) is 0.276. The van der Waals surface area contributed by atoms with Gasteiger partial charge >= 0.3 is 5.82 Å². The zero-order valence-electron chi connectivity index (χ0n) is 21.7. The van der Waals surface area contributed by atoms with E-state index in [2.05, 4.69) is 0 Å². The molecule has 0 aliphatic carbocycles. The van der Waals surface area contributed by atoms with Crippen LogP contribution in [0.2, 0.25) is 0 Å². The molecule has 11 heteroatoms. The van der Waals surface area contributed by atoms with Crippen LogP contribution in [0.1, 0.15) is 57.6 Å². The Kier molecular flexibility index (Phi) is 6.28. The predicted octanol–water partition coefficient (Wildman–Crippen LogP) is 4.04. The third-order valence-electron chi connectivity index (χ3n) is 7.51. The zero-order valence-corrected chi connectivity index (χ0v) is 21.7. The highest BCUT2D eigenvalue weighted by atomic mass is 19.2. The quantitative estimate of drug-likeness (QED) is 0.379. The summed E-state index contributed by atoms with van der Waals surface area (Å²) in [6.45, 7) is 1.20. The molecule has 2 aromatic heterocycles. The Hall–Kier alpha value is -4.67. The number of halogens is 2. The van der Waals surface area contributed by atoms with E-state index in [9.17, 15) is 23.2 Å². The molecule has 1 amide bonds. The molecule has 206 valence electrons. The second kappa shape index (κ2) is 9.82. The maximum absolute atomic E-state index is 14.7. The molecule has 0 spiro atoms. The molecule has 1 unspecified atom stereocenters. The first kappa shape index (κ1) is 25.6. The van der Waals surface area contributed by atoms with Gasteiger partial charge in [0.05, 0.1) is 6.04 Å². The lowest BCUT2D eigenvalue weighted by atomic mass is 9.88. The number of fused-ring (bicyclic) bond motifs is 4. The number of rotatable bonds is 4. The number of carbonyl (C=O) groups excluding carboxylic acids is 1. The zero-order chi connectivity index (χ0) is 28.1. The molecular formula is C29H25F2N3O6. The Morgan fingerprint density at radius 2 is 1.77 bits per heavy atom. The number of hydrogen-bond donors (Lipinski definition) is 0. The summed E-state index contributed by atoms with van der Waals surface area (Å²) in [5, 5.41) is 1.90. The van der Waals surface area contributed by atoms with Crippen LogP contribution < -0.4 is 21.0 Å². The van der Waals surface area contributed by atoms with Crippen molar-refractivity contribution in [3.63, 3.8) is 0 Å². The van der Waals surface area contributed by atoms with Crippen LogP contribution >= 0.6 is 0 Å². The SMILES string of the molecule is Cc1oc(=O)oc1COc1c2n(ccc1=O)N1C(CCCc3cc(F)c(F)cc3[C@H]1c1ccccc1)N(C)C2=O. The van der Waals surface area contributed by atoms with Gasteiger partial charge in [0, 0.05) is 19.3 Å². The summed E-state index contributed by atoms with van der Waals surface area (Å²) in [7, 11) is 1.64. The van der Waals surface area contributed by atoms with E-state index in [1.807, 2.05) is 35.3 Å². The van der Waals surface area contributed by atoms with E-state index >= 15 is 0 Å². The Morgan fingerprint density at radius 1 is 1.02 bits per heavy atom. The van der Waals surface area contributed by atoms with Crippen LogP contribution in [-0.4, -0.2) is 28.7 Å². The van der Waals surface area contributed by atoms with E-state index < -0.39 is 41.0 Å². The third-order valence-corrected chi connectivity index (χ3v) is 7.51. The van der Waals surface area contributed by atoms with Gasteiger partial charge in [-0.05, 0) is 55.0 Å². The van der Waals surface area contributed by atoms with Crippen LogP contribution in [-0.2, 0) is 13.0 Å². The van der Waals surface area contributed by atoms with Gasteiger partial charge in [-0.2, -0.15) is 0 Å². The first-order valence-electron chi connectivity index (χ1n) is 12.8. The van der Waals surface area contributed by atoms with Gasteiger partial charge in [0.1, 0.15) is 12.8 Å². The number of aromatic nitrogens is 1. The molecule has 6 rings (SSSR count). The highest BCUT2D eigenvalue weighted by molar-refractivity contribution is 5.96. The molecule has 2 aliphatic rings. The predicted molar refractivity (Wildman–Crippen MR) is 139 cm³/mol. The molecule has 2 atom stereocenters. The van der Waals surface area contributed by atoms with Gasteiger partial charge in [-0.1, -0.05) is 30.3 Å². The van der Waals surface area contributed by atoms with Crippen LogP contribution in [0.3, 0.4) is 0 Å².